The summed E-state index contributed by atoms with van der Waals surface area (Å²) < 4.78 is 0. The number of aliphatic hydroxyl groups excluding tert-OH is 2. The van der Waals surface area contributed by atoms with Crippen molar-refractivity contribution in [3.63, 3.8) is 0 Å². The summed E-state index contributed by atoms with van der Waals surface area (Å²) in [7, 11) is 0. The Balaban J connectivity index is 3.61. The Bertz CT molecular complexity index is 983. The molecule has 2 atom stereocenters. The van der Waals surface area contributed by atoms with E-state index >= 15 is 0 Å². The van der Waals surface area contributed by atoms with Crippen LogP contribution in [0, 0.1) is 0 Å². The van der Waals surface area contributed by atoms with E-state index in [4.69, 9.17) is 0 Å². The smallest absolute Gasteiger partial charge is 0.220 e. The molecule has 0 aromatic rings. The number of unbranched alkanes of at least 4 members (excludes halogenated alkanes) is 15. The van der Waals surface area contributed by atoms with E-state index in [1.165, 1.54) is 77.0 Å². The van der Waals surface area contributed by atoms with E-state index < -0.39 is 12.1 Å². The first kappa shape index (κ1) is 48.3. The molecule has 0 aliphatic carbocycles. The van der Waals surface area contributed by atoms with Gasteiger partial charge in [-0.25, -0.2) is 0 Å². The van der Waals surface area contributed by atoms with Gasteiger partial charge in [0.2, 0.25) is 5.91 Å². The van der Waals surface area contributed by atoms with Gasteiger partial charge in [-0.05, 0) is 77.0 Å². The SMILES string of the molecule is CC/C=C\C/C=C\C/C=C\C/C=C\C/C=C\C/C=C\C/C=C\CCCCCCCCCCCC(=O)NC(CO)C(O)/C=C/CCCCCCCC. The summed E-state index contributed by atoms with van der Waals surface area (Å²) in [6.07, 6.45) is 62.3. The van der Waals surface area contributed by atoms with Crippen LogP contribution in [0.2, 0.25) is 0 Å². The Morgan fingerprint density at radius 1 is 0.490 bits per heavy atom. The number of carbonyl (C=O) groups is 1. The molecule has 4 heteroatoms. The van der Waals surface area contributed by atoms with Crippen LogP contribution in [0.3, 0.4) is 0 Å². The Labute approximate surface area is 315 Å². The minimum absolute atomic E-state index is 0.0798. The van der Waals surface area contributed by atoms with Gasteiger partial charge in [-0.2, -0.15) is 0 Å². The third-order valence-corrected chi connectivity index (χ3v) is 8.82. The third-order valence-electron chi connectivity index (χ3n) is 8.82. The molecule has 4 nitrogen and oxygen atoms in total. The van der Waals surface area contributed by atoms with Crippen LogP contribution >= 0.6 is 0 Å². The maximum atomic E-state index is 12.3. The predicted molar refractivity (Wildman–Crippen MR) is 225 cm³/mol. The molecule has 0 radical (unpaired) electrons. The largest absolute Gasteiger partial charge is 0.394 e. The topological polar surface area (TPSA) is 69.6 Å². The van der Waals surface area contributed by atoms with Crippen molar-refractivity contribution in [2.75, 3.05) is 6.61 Å². The lowest BCUT2D eigenvalue weighted by molar-refractivity contribution is -0.123. The van der Waals surface area contributed by atoms with Gasteiger partial charge < -0.3 is 15.5 Å². The third kappa shape index (κ3) is 38.4. The van der Waals surface area contributed by atoms with E-state index in [-0.39, 0.29) is 12.5 Å². The molecule has 0 aliphatic heterocycles. The number of hydrogen-bond acceptors (Lipinski definition) is 3. The molecule has 0 fully saturated rings. The van der Waals surface area contributed by atoms with E-state index in [1.807, 2.05) is 6.08 Å². The Morgan fingerprint density at radius 2 is 0.863 bits per heavy atom. The van der Waals surface area contributed by atoms with Gasteiger partial charge in [0.25, 0.3) is 0 Å². The van der Waals surface area contributed by atoms with Crippen LogP contribution in [-0.2, 0) is 4.79 Å². The first-order valence-electron chi connectivity index (χ1n) is 21.0. The fourth-order valence-electron chi connectivity index (χ4n) is 5.63. The molecule has 1 amide bonds. The van der Waals surface area contributed by atoms with Crippen molar-refractivity contribution >= 4 is 5.91 Å². The van der Waals surface area contributed by atoms with Crippen molar-refractivity contribution in [2.45, 2.75) is 187 Å². The first-order chi connectivity index (χ1) is 25.2. The number of hydrogen-bond donors (Lipinski definition) is 3. The second kappa shape index (κ2) is 41.7. The molecule has 0 aromatic heterocycles. The highest BCUT2D eigenvalue weighted by Gasteiger charge is 2.17. The lowest BCUT2D eigenvalue weighted by Gasteiger charge is -2.20. The fraction of sp³-hybridized carbons (Fsp3) is 0.638. The van der Waals surface area contributed by atoms with Gasteiger partial charge >= 0.3 is 0 Å². The standard InChI is InChI=1S/C47H79NO3/c1-3-5-7-9-11-13-14-15-16-17-18-19-20-21-22-23-24-25-26-27-28-29-30-31-32-33-34-35-37-39-41-43-47(51)48-45(44-49)46(50)42-40-38-36-12-10-8-6-4-2/h5,7,11,13,15-16,18-19,21-22,24-25,27-28,40,42,45-46,49-50H,3-4,6,8-10,12,14,17,20,23,26,29-39,41,43-44H2,1-2H3,(H,48,51)/b7-5-,13-11-,16-15-,19-18-,22-21-,25-24-,28-27-,42-40+. The van der Waals surface area contributed by atoms with Gasteiger partial charge in [0.15, 0.2) is 0 Å². The van der Waals surface area contributed by atoms with Crippen LogP contribution in [0.25, 0.3) is 0 Å². The minimum Gasteiger partial charge on any atom is -0.394 e. The van der Waals surface area contributed by atoms with Crippen molar-refractivity contribution < 1.29 is 15.0 Å². The van der Waals surface area contributed by atoms with Crippen molar-refractivity contribution in [2.24, 2.45) is 0 Å². The molecule has 0 aromatic carbocycles. The van der Waals surface area contributed by atoms with Gasteiger partial charge in [-0.1, -0.05) is 188 Å². The Kier molecular flexibility index (Phi) is 39.5. The van der Waals surface area contributed by atoms with Crippen LogP contribution in [0.1, 0.15) is 174 Å². The zero-order chi connectivity index (χ0) is 37.1. The number of carbonyl (C=O) groups excluding carboxylic acids is 1. The zero-order valence-corrected chi connectivity index (χ0v) is 33.1. The van der Waals surface area contributed by atoms with Crippen LogP contribution in [0.5, 0.6) is 0 Å². The summed E-state index contributed by atoms with van der Waals surface area (Å²) in [4.78, 5) is 12.3. The van der Waals surface area contributed by atoms with Crippen LogP contribution in [-0.4, -0.2) is 34.9 Å². The molecule has 290 valence electrons. The summed E-state index contributed by atoms with van der Waals surface area (Å²) in [5, 5.41) is 22.8. The highest BCUT2D eigenvalue weighted by molar-refractivity contribution is 5.76. The van der Waals surface area contributed by atoms with Gasteiger partial charge in [0.05, 0.1) is 18.8 Å². The molecule has 3 N–H and O–H groups in total. The predicted octanol–water partition coefficient (Wildman–Crippen LogP) is 13.1. The van der Waals surface area contributed by atoms with Crippen molar-refractivity contribution in [3.8, 4) is 0 Å². The Morgan fingerprint density at radius 3 is 1.29 bits per heavy atom. The summed E-state index contributed by atoms with van der Waals surface area (Å²) in [5.74, 6) is -0.0798. The molecular formula is C47H79NO3. The van der Waals surface area contributed by atoms with Gasteiger partial charge in [-0.3, -0.25) is 4.79 Å². The van der Waals surface area contributed by atoms with E-state index in [0.29, 0.717) is 6.42 Å². The number of amides is 1. The van der Waals surface area contributed by atoms with E-state index in [1.54, 1.807) is 6.08 Å². The summed E-state index contributed by atoms with van der Waals surface area (Å²) >= 11 is 0. The fourth-order valence-corrected chi connectivity index (χ4v) is 5.63. The normalized spacial score (nSPS) is 14.0. The monoisotopic (exact) mass is 706 g/mol. The van der Waals surface area contributed by atoms with Crippen molar-refractivity contribution in [1.29, 1.82) is 0 Å². The highest BCUT2D eigenvalue weighted by atomic mass is 16.3. The molecule has 0 spiro atoms. The van der Waals surface area contributed by atoms with E-state index in [2.05, 4.69) is 104 Å². The molecule has 0 saturated heterocycles. The molecule has 0 bridgehead atoms. The quantitative estimate of drug-likeness (QED) is 0.0449. The van der Waals surface area contributed by atoms with Gasteiger partial charge in [0, 0.05) is 6.42 Å². The summed E-state index contributed by atoms with van der Waals surface area (Å²) in [6.45, 7) is 4.13. The number of rotatable bonds is 36. The molecule has 0 saturated carbocycles. The zero-order valence-electron chi connectivity index (χ0n) is 33.1. The molecule has 0 rings (SSSR count). The minimum atomic E-state index is -0.844. The first-order valence-corrected chi connectivity index (χ1v) is 21.0. The van der Waals surface area contributed by atoms with Crippen LogP contribution in [0.15, 0.2) is 97.2 Å². The molecule has 2 unspecified atom stereocenters. The maximum Gasteiger partial charge on any atom is 0.220 e. The molecule has 0 heterocycles. The lowest BCUT2D eigenvalue weighted by Crippen LogP contribution is -2.45. The van der Waals surface area contributed by atoms with Gasteiger partial charge in [0.1, 0.15) is 0 Å². The number of allylic oxidation sites excluding steroid dienone is 15. The van der Waals surface area contributed by atoms with Crippen molar-refractivity contribution in [3.05, 3.63) is 97.2 Å². The number of nitrogens with one attached hydrogen (secondary N) is 1. The van der Waals surface area contributed by atoms with E-state index in [9.17, 15) is 15.0 Å². The summed E-state index contributed by atoms with van der Waals surface area (Å²) in [6, 6.07) is -0.628. The van der Waals surface area contributed by atoms with Crippen LogP contribution < -0.4 is 5.32 Å². The molecule has 51 heavy (non-hydrogen) atoms. The lowest BCUT2D eigenvalue weighted by atomic mass is 10.0. The number of aliphatic hydroxyl groups is 2. The maximum absolute atomic E-state index is 12.3. The Hall–Kier alpha value is -2.69. The van der Waals surface area contributed by atoms with E-state index in [0.717, 1.165) is 77.0 Å². The summed E-state index contributed by atoms with van der Waals surface area (Å²) in [5.41, 5.74) is 0. The van der Waals surface area contributed by atoms with Crippen molar-refractivity contribution in [1.82, 2.24) is 5.32 Å². The second-order valence-electron chi connectivity index (χ2n) is 13.7. The molecule has 0 aliphatic rings. The molecular weight excluding hydrogens is 627 g/mol. The highest BCUT2D eigenvalue weighted by Crippen LogP contribution is 2.12. The van der Waals surface area contributed by atoms with Gasteiger partial charge in [-0.15, -0.1) is 0 Å². The second-order valence-corrected chi connectivity index (χ2v) is 13.7. The average molecular weight is 706 g/mol. The average Bonchev–Trinajstić information content (AvgIpc) is 3.13. The van der Waals surface area contributed by atoms with Crippen LogP contribution in [0.4, 0.5) is 0 Å².